The molecule has 0 saturated carbocycles. The maximum Gasteiger partial charge on any atom is 0.255 e. The van der Waals surface area contributed by atoms with Gasteiger partial charge in [0.05, 0.1) is 22.7 Å². The van der Waals surface area contributed by atoms with Gasteiger partial charge in [0.25, 0.3) is 10.0 Å². The smallest absolute Gasteiger partial charge is 0.255 e. The lowest BCUT2D eigenvalue weighted by Gasteiger charge is -2.09. The number of primary sulfonamides is 1. The second kappa shape index (κ2) is 7.02. The van der Waals surface area contributed by atoms with Gasteiger partial charge in [-0.05, 0) is 42.0 Å². The summed E-state index contributed by atoms with van der Waals surface area (Å²) in [5.74, 6) is -0.832. The van der Waals surface area contributed by atoms with Gasteiger partial charge >= 0.3 is 0 Å². The highest BCUT2D eigenvalue weighted by Gasteiger charge is 2.18. The number of nitrogens with zero attached hydrogens (tertiary/aromatic N) is 1. The molecule has 2 aromatic rings. The Balaban J connectivity index is 2.31. The molecule has 0 aliphatic rings. The van der Waals surface area contributed by atoms with Crippen LogP contribution in [-0.2, 0) is 20.0 Å². The predicted molar refractivity (Wildman–Crippen MR) is 90.5 cm³/mol. The van der Waals surface area contributed by atoms with Gasteiger partial charge in [-0.1, -0.05) is 12.1 Å². The Morgan fingerprint density at radius 1 is 1.08 bits per heavy atom. The topological polar surface area (TPSA) is 130 Å². The van der Waals surface area contributed by atoms with Crippen LogP contribution < -0.4 is 9.86 Å². The molecule has 0 heterocycles. The number of hydrogen-bond donors (Lipinski definition) is 2. The maximum absolute atomic E-state index is 13.3. The number of hydrogen-bond acceptors (Lipinski definition) is 5. The van der Waals surface area contributed by atoms with Crippen molar-refractivity contribution in [2.75, 3.05) is 4.72 Å². The molecule has 2 aromatic carbocycles. The lowest BCUT2D eigenvalue weighted by Crippen LogP contribution is -2.17. The van der Waals surface area contributed by atoms with Crippen LogP contribution in [0.2, 0.25) is 0 Å². The van der Waals surface area contributed by atoms with E-state index in [1.165, 1.54) is 30.3 Å². The van der Waals surface area contributed by atoms with Crippen LogP contribution >= 0.6 is 0 Å². The summed E-state index contributed by atoms with van der Waals surface area (Å²) in [6, 6.07) is 10.4. The number of nitrogens with one attached hydrogen (secondary N) is 1. The van der Waals surface area contributed by atoms with Crippen LogP contribution in [0, 0.1) is 17.1 Å². The minimum Gasteiger partial charge on any atom is -0.279 e. The second-order valence-corrected chi connectivity index (χ2v) is 7.97. The van der Waals surface area contributed by atoms with E-state index in [0.29, 0.717) is 17.2 Å². The van der Waals surface area contributed by atoms with Gasteiger partial charge in [0.2, 0.25) is 10.0 Å². The van der Waals surface area contributed by atoms with Crippen LogP contribution in [0.1, 0.15) is 11.1 Å². The number of nitriles is 1. The van der Waals surface area contributed by atoms with Crippen LogP contribution in [0.15, 0.2) is 52.8 Å². The molecule has 7 nitrogen and oxygen atoms in total. The molecule has 0 aliphatic heterocycles. The average Bonchev–Trinajstić information content (AvgIpc) is 2.52. The van der Waals surface area contributed by atoms with Gasteiger partial charge in [0, 0.05) is 0 Å². The van der Waals surface area contributed by atoms with Gasteiger partial charge in [-0.15, -0.1) is 0 Å². The maximum atomic E-state index is 13.3. The number of halogens is 1. The van der Waals surface area contributed by atoms with Gasteiger partial charge in [0.15, 0.2) is 0 Å². The molecule has 0 spiro atoms. The van der Waals surface area contributed by atoms with Crippen LogP contribution in [0.5, 0.6) is 0 Å². The summed E-state index contributed by atoms with van der Waals surface area (Å²) in [6.45, 7) is 0. The van der Waals surface area contributed by atoms with Crippen LogP contribution in [-0.4, -0.2) is 16.8 Å². The van der Waals surface area contributed by atoms with Crippen molar-refractivity contribution in [1.82, 2.24) is 0 Å². The standard InChI is InChI=1S/C15H12FN3O4S2/c16-13-5-6-15(25(18,22)23)14(9-13)19-24(20,21)8-7-11-1-3-12(10-17)4-2-11/h1-9,19H,(H2,18,22,23)/b8-7+. The molecule has 3 N–H and O–H groups in total. The van der Waals surface area contributed by atoms with Crippen molar-refractivity contribution in [3.05, 3.63) is 64.8 Å². The van der Waals surface area contributed by atoms with Crippen molar-refractivity contribution in [1.29, 1.82) is 5.26 Å². The van der Waals surface area contributed by atoms with Crippen molar-refractivity contribution in [2.45, 2.75) is 4.90 Å². The molecule has 130 valence electrons. The number of sulfonamides is 2. The summed E-state index contributed by atoms with van der Waals surface area (Å²) < 4.78 is 62.4. The molecule has 0 atom stereocenters. The van der Waals surface area contributed by atoms with E-state index in [1.54, 1.807) is 0 Å². The quantitative estimate of drug-likeness (QED) is 0.815. The fraction of sp³-hybridized carbons (Fsp3) is 0. The zero-order valence-corrected chi connectivity index (χ0v) is 14.2. The first kappa shape index (κ1) is 18.6. The molecule has 0 unspecified atom stereocenters. The van der Waals surface area contributed by atoms with Crippen molar-refractivity contribution >= 4 is 31.8 Å². The van der Waals surface area contributed by atoms with E-state index in [2.05, 4.69) is 0 Å². The largest absolute Gasteiger partial charge is 0.279 e. The van der Waals surface area contributed by atoms with Gasteiger partial charge in [-0.3, -0.25) is 4.72 Å². The van der Waals surface area contributed by atoms with Crippen molar-refractivity contribution in [3.8, 4) is 6.07 Å². The van der Waals surface area contributed by atoms with E-state index < -0.39 is 36.4 Å². The second-order valence-electron chi connectivity index (χ2n) is 4.87. The third-order valence-corrected chi connectivity index (χ3v) is 4.95. The van der Waals surface area contributed by atoms with Gasteiger partial charge < -0.3 is 0 Å². The van der Waals surface area contributed by atoms with Gasteiger partial charge in [-0.2, -0.15) is 5.26 Å². The first-order chi connectivity index (χ1) is 11.6. The number of benzene rings is 2. The highest BCUT2D eigenvalue weighted by molar-refractivity contribution is 7.95. The lowest BCUT2D eigenvalue weighted by molar-refractivity contribution is 0.597. The molecule has 0 aliphatic carbocycles. The van der Waals surface area contributed by atoms with E-state index >= 15 is 0 Å². The molecule has 0 aromatic heterocycles. The first-order valence-electron chi connectivity index (χ1n) is 6.64. The molecular formula is C15H12FN3O4S2. The Labute approximate surface area is 144 Å². The summed E-state index contributed by atoms with van der Waals surface area (Å²) in [5, 5.41) is 14.5. The third kappa shape index (κ3) is 5.12. The average molecular weight is 381 g/mol. The first-order valence-corrected chi connectivity index (χ1v) is 9.73. The molecule has 0 bridgehead atoms. The monoisotopic (exact) mass is 381 g/mol. The molecule has 0 radical (unpaired) electrons. The van der Waals surface area contributed by atoms with Gasteiger partial charge in [-0.25, -0.2) is 26.4 Å². The van der Waals surface area contributed by atoms with E-state index in [4.69, 9.17) is 10.4 Å². The summed E-state index contributed by atoms with van der Waals surface area (Å²) in [6.07, 6.45) is 1.24. The summed E-state index contributed by atoms with van der Waals surface area (Å²) in [4.78, 5) is -0.552. The zero-order chi connectivity index (χ0) is 18.7. The molecule has 25 heavy (non-hydrogen) atoms. The molecule has 0 saturated heterocycles. The Bertz CT molecular complexity index is 1070. The van der Waals surface area contributed by atoms with Crippen molar-refractivity contribution in [3.63, 3.8) is 0 Å². The van der Waals surface area contributed by atoms with Crippen LogP contribution in [0.25, 0.3) is 6.08 Å². The molecular weight excluding hydrogens is 369 g/mol. The van der Waals surface area contributed by atoms with E-state index in [0.717, 1.165) is 17.5 Å². The van der Waals surface area contributed by atoms with E-state index in [-0.39, 0.29) is 0 Å². The van der Waals surface area contributed by atoms with Crippen molar-refractivity contribution < 1.29 is 21.2 Å². The summed E-state index contributed by atoms with van der Waals surface area (Å²) in [7, 11) is -8.38. The fourth-order valence-electron chi connectivity index (χ4n) is 1.85. The molecule has 0 fully saturated rings. The molecule has 2 rings (SSSR count). The van der Waals surface area contributed by atoms with E-state index in [9.17, 15) is 21.2 Å². The van der Waals surface area contributed by atoms with Crippen LogP contribution in [0.4, 0.5) is 10.1 Å². The Morgan fingerprint density at radius 3 is 2.28 bits per heavy atom. The highest BCUT2D eigenvalue weighted by Crippen LogP contribution is 2.22. The fourth-order valence-corrected chi connectivity index (χ4v) is 3.47. The molecule has 10 heteroatoms. The number of rotatable bonds is 5. The SMILES string of the molecule is N#Cc1ccc(/C=C/S(=O)(=O)Nc2cc(F)ccc2S(N)(=O)=O)cc1. The minimum atomic E-state index is -4.25. The summed E-state index contributed by atoms with van der Waals surface area (Å²) in [5.41, 5.74) is 0.415. The highest BCUT2D eigenvalue weighted by atomic mass is 32.2. The van der Waals surface area contributed by atoms with E-state index in [1.807, 2.05) is 10.8 Å². The Kier molecular flexibility index (Phi) is 5.22. The predicted octanol–water partition coefficient (Wildman–Crippen LogP) is 1.76. The number of anilines is 1. The Morgan fingerprint density at radius 2 is 1.72 bits per heavy atom. The Hall–Kier alpha value is -2.74. The normalized spacial score (nSPS) is 12.0. The van der Waals surface area contributed by atoms with Crippen LogP contribution in [0.3, 0.4) is 0 Å². The summed E-state index contributed by atoms with van der Waals surface area (Å²) >= 11 is 0. The zero-order valence-electron chi connectivity index (χ0n) is 12.5. The van der Waals surface area contributed by atoms with Crippen molar-refractivity contribution in [2.24, 2.45) is 5.14 Å². The minimum absolute atomic E-state index is 0.413. The van der Waals surface area contributed by atoms with Gasteiger partial charge in [0.1, 0.15) is 10.7 Å². The number of nitrogens with two attached hydrogens (primary N) is 1. The molecule has 0 amide bonds. The lowest BCUT2D eigenvalue weighted by atomic mass is 10.1. The third-order valence-electron chi connectivity index (χ3n) is 2.98.